The Morgan fingerprint density at radius 2 is 1.86 bits per heavy atom. The van der Waals surface area contributed by atoms with E-state index in [1.165, 1.54) is 0 Å². The van der Waals surface area contributed by atoms with E-state index in [4.69, 9.17) is 21.6 Å². The van der Waals surface area contributed by atoms with Crippen LogP contribution in [0, 0.1) is 28.1 Å². The van der Waals surface area contributed by atoms with Gasteiger partial charge in [0.2, 0.25) is 0 Å². The summed E-state index contributed by atoms with van der Waals surface area (Å²) < 4.78 is 6.21. The van der Waals surface area contributed by atoms with E-state index in [1.807, 2.05) is 6.07 Å². The van der Waals surface area contributed by atoms with Crippen LogP contribution in [0.5, 0.6) is 5.75 Å². The minimum Gasteiger partial charge on any atom is -0.489 e. The molecule has 21 heavy (non-hydrogen) atoms. The molecule has 0 amide bonds. The second-order valence-corrected chi connectivity index (χ2v) is 7.30. The van der Waals surface area contributed by atoms with Gasteiger partial charge in [-0.05, 0) is 25.0 Å². The zero-order valence-electron chi connectivity index (χ0n) is 13.3. The summed E-state index contributed by atoms with van der Waals surface area (Å²) in [6.45, 7) is 11.0. The number of halogens is 1. The number of nitriles is 1. The summed E-state index contributed by atoms with van der Waals surface area (Å²) in [6.07, 6.45) is 4.49. The first kappa shape index (κ1) is 15.9. The van der Waals surface area contributed by atoms with Crippen LogP contribution in [0.1, 0.15) is 40.2 Å². The van der Waals surface area contributed by atoms with Crippen molar-refractivity contribution in [2.45, 2.75) is 40.7 Å². The van der Waals surface area contributed by atoms with Crippen molar-refractivity contribution >= 4 is 11.6 Å². The van der Waals surface area contributed by atoms with E-state index in [2.05, 4.69) is 52.8 Å². The Bertz CT molecular complexity index is 594. The lowest BCUT2D eigenvalue weighted by atomic mass is 9.45. The standard InChI is InChI=1S/C18H22ClNO/c1-6-7-15-17(2,3)16(18(15,4)5)21-13-9-8-12(11-20)14(19)10-13/h6-10,15-16H,1-5H3/b7-6+. The number of hydrogen-bond acceptors (Lipinski definition) is 2. The van der Waals surface area contributed by atoms with Crippen LogP contribution in [-0.4, -0.2) is 6.10 Å². The number of nitrogens with zero attached hydrogens (tertiary/aromatic N) is 1. The number of ether oxygens (including phenoxy) is 1. The first-order valence-electron chi connectivity index (χ1n) is 7.24. The fourth-order valence-electron chi connectivity index (χ4n) is 3.94. The highest BCUT2D eigenvalue weighted by Gasteiger charge is 2.62. The molecule has 1 saturated carbocycles. The van der Waals surface area contributed by atoms with Crippen LogP contribution in [0.2, 0.25) is 5.02 Å². The van der Waals surface area contributed by atoms with Gasteiger partial charge in [-0.15, -0.1) is 0 Å². The Hall–Kier alpha value is -1.46. The molecule has 0 radical (unpaired) electrons. The normalized spacial score (nSPS) is 26.1. The molecule has 0 N–H and O–H groups in total. The molecule has 1 aliphatic carbocycles. The highest BCUT2D eigenvalue weighted by molar-refractivity contribution is 6.31. The van der Waals surface area contributed by atoms with Gasteiger partial charge in [-0.1, -0.05) is 51.4 Å². The molecule has 2 rings (SSSR count). The van der Waals surface area contributed by atoms with Crippen LogP contribution in [0.25, 0.3) is 0 Å². The Morgan fingerprint density at radius 1 is 1.24 bits per heavy atom. The van der Waals surface area contributed by atoms with Gasteiger partial charge in [0.15, 0.2) is 0 Å². The topological polar surface area (TPSA) is 33.0 Å². The molecule has 112 valence electrons. The molecule has 1 aromatic carbocycles. The Morgan fingerprint density at radius 3 is 2.33 bits per heavy atom. The monoisotopic (exact) mass is 303 g/mol. The van der Waals surface area contributed by atoms with E-state index in [0.29, 0.717) is 16.5 Å². The van der Waals surface area contributed by atoms with Crippen molar-refractivity contribution in [2.75, 3.05) is 0 Å². The van der Waals surface area contributed by atoms with E-state index in [9.17, 15) is 0 Å². The van der Waals surface area contributed by atoms with Crippen LogP contribution in [-0.2, 0) is 0 Å². The van der Waals surface area contributed by atoms with E-state index in [-0.39, 0.29) is 16.9 Å². The molecule has 1 aromatic rings. The van der Waals surface area contributed by atoms with Crippen LogP contribution in [0.3, 0.4) is 0 Å². The van der Waals surface area contributed by atoms with Gasteiger partial charge < -0.3 is 4.74 Å². The molecule has 0 aliphatic heterocycles. The quantitative estimate of drug-likeness (QED) is 0.717. The predicted molar refractivity (Wildman–Crippen MR) is 86.4 cm³/mol. The van der Waals surface area contributed by atoms with Gasteiger partial charge >= 0.3 is 0 Å². The number of allylic oxidation sites excluding steroid dienone is 2. The summed E-state index contributed by atoms with van der Waals surface area (Å²) in [5.41, 5.74) is 0.607. The third-order valence-electron chi connectivity index (χ3n) is 4.65. The summed E-state index contributed by atoms with van der Waals surface area (Å²) in [5, 5.41) is 9.37. The maximum atomic E-state index is 8.93. The lowest BCUT2D eigenvalue weighted by Gasteiger charge is -2.62. The van der Waals surface area contributed by atoms with Gasteiger partial charge in [0.25, 0.3) is 0 Å². The van der Waals surface area contributed by atoms with Crippen molar-refractivity contribution in [1.29, 1.82) is 5.26 Å². The molecule has 1 fully saturated rings. The summed E-state index contributed by atoms with van der Waals surface area (Å²) >= 11 is 6.08. The Balaban J connectivity index is 2.24. The fourth-order valence-corrected chi connectivity index (χ4v) is 4.15. The molecular weight excluding hydrogens is 282 g/mol. The average Bonchev–Trinajstić information content (AvgIpc) is 2.41. The third-order valence-corrected chi connectivity index (χ3v) is 4.97. The maximum Gasteiger partial charge on any atom is 0.121 e. The lowest BCUT2D eigenvalue weighted by molar-refractivity contribution is -0.177. The summed E-state index contributed by atoms with van der Waals surface area (Å²) in [7, 11) is 0. The number of rotatable bonds is 3. The highest BCUT2D eigenvalue weighted by atomic mass is 35.5. The van der Waals surface area contributed by atoms with Crippen molar-refractivity contribution < 1.29 is 4.74 Å². The van der Waals surface area contributed by atoms with Crippen LogP contribution in [0.4, 0.5) is 0 Å². The minimum atomic E-state index is 0.0659. The van der Waals surface area contributed by atoms with Crippen molar-refractivity contribution in [1.82, 2.24) is 0 Å². The molecule has 0 spiro atoms. The van der Waals surface area contributed by atoms with E-state index >= 15 is 0 Å². The molecule has 0 saturated heterocycles. The molecule has 0 atom stereocenters. The van der Waals surface area contributed by atoms with Crippen molar-refractivity contribution in [3.05, 3.63) is 40.9 Å². The molecule has 0 heterocycles. The first-order valence-corrected chi connectivity index (χ1v) is 7.62. The Labute approximate surface area is 132 Å². The van der Waals surface area contributed by atoms with E-state index < -0.39 is 0 Å². The molecule has 1 aliphatic rings. The highest BCUT2D eigenvalue weighted by Crippen LogP contribution is 2.60. The van der Waals surface area contributed by atoms with E-state index in [1.54, 1.807) is 12.1 Å². The number of benzene rings is 1. The van der Waals surface area contributed by atoms with Crippen molar-refractivity contribution in [3.8, 4) is 11.8 Å². The van der Waals surface area contributed by atoms with Gasteiger partial charge in [-0.2, -0.15) is 5.26 Å². The van der Waals surface area contributed by atoms with Gasteiger partial charge in [-0.3, -0.25) is 0 Å². The van der Waals surface area contributed by atoms with Gasteiger partial charge in [0, 0.05) is 16.9 Å². The predicted octanol–water partition coefficient (Wildman–Crippen LogP) is 5.22. The van der Waals surface area contributed by atoms with Crippen LogP contribution in [0.15, 0.2) is 30.4 Å². The van der Waals surface area contributed by atoms with Gasteiger partial charge in [0.1, 0.15) is 17.9 Å². The fraction of sp³-hybridized carbons (Fsp3) is 0.500. The first-order chi connectivity index (χ1) is 9.75. The summed E-state index contributed by atoms with van der Waals surface area (Å²) in [6, 6.07) is 7.32. The smallest absolute Gasteiger partial charge is 0.121 e. The molecule has 3 heteroatoms. The summed E-state index contributed by atoms with van der Waals surface area (Å²) in [5.74, 6) is 1.21. The minimum absolute atomic E-state index is 0.0659. The molecular formula is C18H22ClNO. The van der Waals surface area contributed by atoms with Crippen LogP contribution >= 0.6 is 11.6 Å². The molecule has 2 nitrogen and oxygen atoms in total. The van der Waals surface area contributed by atoms with Crippen molar-refractivity contribution in [2.24, 2.45) is 16.7 Å². The summed E-state index contributed by atoms with van der Waals surface area (Å²) in [4.78, 5) is 0. The van der Waals surface area contributed by atoms with Crippen LogP contribution < -0.4 is 4.74 Å². The molecule has 0 bridgehead atoms. The third kappa shape index (κ3) is 2.56. The van der Waals surface area contributed by atoms with Gasteiger partial charge in [0.05, 0.1) is 10.6 Å². The molecule has 0 aromatic heterocycles. The lowest BCUT2D eigenvalue weighted by Crippen LogP contribution is -2.65. The molecule has 0 unspecified atom stereocenters. The zero-order chi connectivity index (χ0) is 15.8. The average molecular weight is 304 g/mol. The largest absolute Gasteiger partial charge is 0.489 e. The van der Waals surface area contributed by atoms with Crippen molar-refractivity contribution in [3.63, 3.8) is 0 Å². The van der Waals surface area contributed by atoms with E-state index in [0.717, 1.165) is 5.75 Å². The SMILES string of the molecule is C/C=C/C1C(C)(C)C(Oc2ccc(C#N)c(Cl)c2)C1(C)C. The maximum absolute atomic E-state index is 8.93. The second kappa shape index (κ2) is 5.39. The van der Waals surface area contributed by atoms with Gasteiger partial charge in [-0.25, -0.2) is 0 Å². The zero-order valence-corrected chi connectivity index (χ0v) is 14.0. The Kier molecular flexibility index (Phi) is 4.08. The number of hydrogen-bond donors (Lipinski definition) is 0. The second-order valence-electron chi connectivity index (χ2n) is 6.90.